The van der Waals surface area contributed by atoms with Crippen LogP contribution in [0.25, 0.3) is 0 Å². The van der Waals surface area contributed by atoms with Gasteiger partial charge in [-0.2, -0.15) is 13.2 Å². The molecule has 2 aromatic rings. The molecular formula is C19H16BrF4N3O3. The largest absolute Gasteiger partial charge is 0.416 e. The minimum absolute atomic E-state index is 0.00317. The highest BCUT2D eigenvalue weighted by Crippen LogP contribution is 2.34. The summed E-state index contributed by atoms with van der Waals surface area (Å²) in [7, 11) is 0. The molecule has 0 unspecified atom stereocenters. The van der Waals surface area contributed by atoms with Crippen molar-refractivity contribution in [1.82, 2.24) is 5.32 Å². The van der Waals surface area contributed by atoms with Crippen molar-refractivity contribution in [2.45, 2.75) is 19.5 Å². The normalized spacial score (nSPS) is 11.0. The maximum Gasteiger partial charge on any atom is 0.416 e. The molecule has 0 saturated heterocycles. The molecule has 30 heavy (non-hydrogen) atoms. The van der Waals surface area contributed by atoms with Gasteiger partial charge < -0.3 is 16.0 Å². The van der Waals surface area contributed by atoms with E-state index in [2.05, 4.69) is 31.9 Å². The molecule has 3 amide bonds. The van der Waals surface area contributed by atoms with E-state index in [-0.39, 0.29) is 29.9 Å². The molecule has 0 radical (unpaired) electrons. The van der Waals surface area contributed by atoms with Gasteiger partial charge in [-0.3, -0.25) is 14.4 Å². The first kappa shape index (κ1) is 23.3. The molecule has 0 aliphatic carbocycles. The fourth-order valence-electron chi connectivity index (χ4n) is 2.39. The number of hydrogen-bond donors (Lipinski definition) is 3. The van der Waals surface area contributed by atoms with Crippen molar-refractivity contribution >= 4 is 45.0 Å². The van der Waals surface area contributed by atoms with Crippen LogP contribution in [0.2, 0.25) is 0 Å². The van der Waals surface area contributed by atoms with Crippen LogP contribution in [0, 0.1) is 5.82 Å². The Labute approximate surface area is 177 Å². The molecule has 3 N–H and O–H groups in total. The molecule has 0 aliphatic heterocycles. The first-order valence-electron chi connectivity index (χ1n) is 8.49. The molecule has 0 saturated carbocycles. The SMILES string of the molecule is CC(=O)Nc1ccc(C(F)(F)F)cc1NC(=O)CCNC(=O)c1cc(F)ccc1Br. The van der Waals surface area contributed by atoms with Crippen molar-refractivity contribution in [2.24, 2.45) is 0 Å². The number of amides is 3. The van der Waals surface area contributed by atoms with E-state index in [0.717, 1.165) is 24.3 Å². The van der Waals surface area contributed by atoms with Gasteiger partial charge >= 0.3 is 6.18 Å². The third kappa shape index (κ3) is 6.55. The highest BCUT2D eigenvalue weighted by molar-refractivity contribution is 9.10. The summed E-state index contributed by atoms with van der Waals surface area (Å²) in [5, 5.41) is 7.04. The van der Waals surface area contributed by atoms with E-state index in [1.165, 1.54) is 13.0 Å². The molecule has 11 heteroatoms. The number of halogens is 5. The zero-order chi connectivity index (χ0) is 22.5. The topological polar surface area (TPSA) is 87.3 Å². The summed E-state index contributed by atoms with van der Waals surface area (Å²) in [5.74, 6) is -2.47. The third-order valence-corrected chi connectivity index (χ3v) is 4.43. The highest BCUT2D eigenvalue weighted by atomic mass is 79.9. The Morgan fingerprint density at radius 1 is 1.00 bits per heavy atom. The van der Waals surface area contributed by atoms with Crippen molar-refractivity contribution in [1.29, 1.82) is 0 Å². The third-order valence-electron chi connectivity index (χ3n) is 3.74. The van der Waals surface area contributed by atoms with Crippen LogP contribution in [0.5, 0.6) is 0 Å². The maximum absolute atomic E-state index is 13.3. The lowest BCUT2D eigenvalue weighted by Crippen LogP contribution is -2.28. The van der Waals surface area contributed by atoms with Crippen molar-refractivity contribution in [2.75, 3.05) is 17.2 Å². The minimum atomic E-state index is -4.64. The Balaban J connectivity index is 2.03. The summed E-state index contributed by atoms with van der Waals surface area (Å²) in [6.07, 6.45) is -4.91. The van der Waals surface area contributed by atoms with Crippen molar-refractivity contribution in [3.05, 3.63) is 57.8 Å². The first-order valence-corrected chi connectivity index (χ1v) is 9.28. The van der Waals surface area contributed by atoms with Gasteiger partial charge in [0.2, 0.25) is 11.8 Å². The second kappa shape index (κ2) is 9.70. The van der Waals surface area contributed by atoms with E-state index in [9.17, 15) is 31.9 Å². The van der Waals surface area contributed by atoms with E-state index >= 15 is 0 Å². The fraction of sp³-hybridized carbons (Fsp3) is 0.211. The van der Waals surface area contributed by atoms with Crippen LogP contribution in [-0.4, -0.2) is 24.3 Å². The van der Waals surface area contributed by atoms with E-state index in [0.29, 0.717) is 10.5 Å². The second-order valence-corrected chi connectivity index (χ2v) is 6.97. The number of nitrogens with one attached hydrogen (secondary N) is 3. The van der Waals surface area contributed by atoms with Gasteiger partial charge in [0.25, 0.3) is 5.91 Å². The first-order chi connectivity index (χ1) is 14.0. The molecule has 2 rings (SSSR count). The quantitative estimate of drug-likeness (QED) is 0.528. The second-order valence-electron chi connectivity index (χ2n) is 6.12. The summed E-state index contributed by atoms with van der Waals surface area (Å²) < 4.78 is 52.4. The van der Waals surface area contributed by atoms with Gasteiger partial charge in [-0.15, -0.1) is 0 Å². The molecule has 0 fully saturated rings. The van der Waals surface area contributed by atoms with Crippen LogP contribution in [0.4, 0.5) is 28.9 Å². The Hall–Kier alpha value is -2.95. The monoisotopic (exact) mass is 489 g/mol. The van der Waals surface area contributed by atoms with Gasteiger partial charge in [0.1, 0.15) is 5.82 Å². The van der Waals surface area contributed by atoms with Gasteiger partial charge in [0.05, 0.1) is 22.5 Å². The smallest absolute Gasteiger partial charge is 0.351 e. The number of rotatable bonds is 6. The lowest BCUT2D eigenvalue weighted by Gasteiger charge is -2.15. The van der Waals surface area contributed by atoms with Crippen LogP contribution < -0.4 is 16.0 Å². The number of benzene rings is 2. The summed E-state index contributed by atoms with van der Waals surface area (Å²) in [6, 6.07) is 6.04. The average molecular weight is 490 g/mol. The van der Waals surface area contributed by atoms with Gasteiger partial charge in [-0.25, -0.2) is 4.39 Å². The van der Waals surface area contributed by atoms with Gasteiger partial charge in [0.15, 0.2) is 0 Å². The van der Waals surface area contributed by atoms with Crippen molar-refractivity contribution in [3.63, 3.8) is 0 Å². The average Bonchev–Trinajstić information content (AvgIpc) is 2.63. The number of carbonyl (C=O) groups is 3. The lowest BCUT2D eigenvalue weighted by atomic mass is 10.1. The fourth-order valence-corrected chi connectivity index (χ4v) is 2.82. The van der Waals surface area contributed by atoms with Gasteiger partial charge in [0, 0.05) is 24.4 Å². The van der Waals surface area contributed by atoms with Crippen molar-refractivity contribution in [3.8, 4) is 0 Å². The molecule has 160 valence electrons. The Kier molecular flexibility index (Phi) is 7.54. The van der Waals surface area contributed by atoms with Gasteiger partial charge in [-0.1, -0.05) is 0 Å². The number of anilines is 2. The Morgan fingerprint density at radius 2 is 1.70 bits per heavy atom. The predicted molar refractivity (Wildman–Crippen MR) is 105 cm³/mol. The zero-order valence-electron chi connectivity index (χ0n) is 15.5. The molecule has 0 spiro atoms. The van der Waals surface area contributed by atoms with E-state index in [1.807, 2.05) is 0 Å². The lowest BCUT2D eigenvalue weighted by molar-refractivity contribution is -0.137. The molecule has 0 bridgehead atoms. The molecular weight excluding hydrogens is 474 g/mol. The summed E-state index contributed by atoms with van der Waals surface area (Å²) in [6.45, 7) is 1.02. The Bertz CT molecular complexity index is 980. The molecule has 0 aliphatic rings. The van der Waals surface area contributed by atoms with Gasteiger partial charge in [-0.05, 0) is 52.3 Å². The Morgan fingerprint density at radius 3 is 2.33 bits per heavy atom. The van der Waals surface area contributed by atoms with Crippen LogP contribution in [0.15, 0.2) is 40.9 Å². The van der Waals surface area contributed by atoms with Crippen LogP contribution in [0.1, 0.15) is 29.3 Å². The number of alkyl halides is 3. The molecule has 0 atom stereocenters. The minimum Gasteiger partial charge on any atom is -0.351 e. The standard InChI is InChI=1S/C19H16BrF4N3O3/c1-10(28)26-15-5-2-11(19(22,23)24)8-16(15)27-17(29)6-7-25-18(30)13-9-12(21)3-4-14(13)20/h2-5,8-9H,6-7H2,1H3,(H,25,30)(H,26,28)(H,27,29). The summed E-state index contributed by atoms with van der Waals surface area (Å²) >= 11 is 3.11. The summed E-state index contributed by atoms with van der Waals surface area (Å²) in [4.78, 5) is 35.4. The maximum atomic E-state index is 13.3. The van der Waals surface area contributed by atoms with Crippen LogP contribution in [-0.2, 0) is 15.8 Å². The van der Waals surface area contributed by atoms with Crippen LogP contribution >= 0.6 is 15.9 Å². The summed E-state index contributed by atoms with van der Waals surface area (Å²) in [5.41, 5.74) is -1.21. The van der Waals surface area contributed by atoms with E-state index in [4.69, 9.17) is 0 Å². The highest BCUT2D eigenvalue weighted by Gasteiger charge is 2.31. The molecule has 0 heterocycles. The zero-order valence-corrected chi connectivity index (χ0v) is 17.1. The number of hydrogen-bond acceptors (Lipinski definition) is 3. The predicted octanol–water partition coefficient (Wildman–Crippen LogP) is 4.32. The molecule has 6 nitrogen and oxygen atoms in total. The van der Waals surface area contributed by atoms with E-state index < -0.39 is 35.3 Å². The van der Waals surface area contributed by atoms with E-state index in [1.54, 1.807) is 0 Å². The van der Waals surface area contributed by atoms with Crippen LogP contribution in [0.3, 0.4) is 0 Å². The molecule has 0 aromatic heterocycles. The molecule has 2 aromatic carbocycles. The van der Waals surface area contributed by atoms with Crippen molar-refractivity contribution < 1.29 is 31.9 Å². The number of carbonyl (C=O) groups excluding carboxylic acids is 3.